The number of esters is 2. The van der Waals surface area contributed by atoms with Crippen molar-refractivity contribution in [2.75, 3.05) is 26.2 Å². The van der Waals surface area contributed by atoms with Crippen molar-refractivity contribution >= 4 is 30.0 Å². The minimum absolute atomic E-state index is 0.0332. The number of carbonyl (C=O) groups is 5. The Morgan fingerprint density at radius 2 is 1.16 bits per heavy atom. The van der Waals surface area contributed by atoms with E-state index in [-0.39, 0.29) is 29.4 Å². The monoisotopic (exact) mass is 748 g/mol. The van der Waals surface area contributed by atoms with Gasteiger partial charge in [-0.1, -0.05) is 90.0 Å². The van der Waals surface area contributed by atoms with Crippen LogP contribution < -0.4 is 0 Å². The number of hydrogen-bond acceptors (Lipinski definition) is 9. The standard InChI is InChI=1S/C23H26N2O2.C20H18O8/c26-23(27-21-16-24-13-10-18(21)11-14-24)25-15-12-17-6-4-5-9-20(17)22(25)19-7-2-1-3-8-19;1-11-3-7-13(8-4-11)19(25)27-15(17(21)22)16(18(23)24)28-20(26)14-9-5-12(2)6-10-14/h1-9,18,21-22H,10-16H2;3-10,15-16H,1-2H3,(H,21,22)(H,23,24)/t21-,22+;15-,16-/m00/s1. The van der Waals surface area contributed by atoms with E-state index < -0.39 is 36.1 Å². The second-order valence-electron chi connectivity index (χ2n) is 14.1. The summed E-state index contributed by atoms with van der Waals surface area (Å²) in [6.45, 7) is 7.50. The summed E-state index contributed by atoms with van der Waals surface area (Å²) >= 11 is 0. The predicted octanol–water partition coefficient (Wildman–Crippen LogP) is 6.09. The van der Waals surface area contributed by atoms with Gasteiger partial charge in [-0.25, -0.2) is 24.0 Å². The van der Waals surface area contributed by atoms with E-state index in [1.54, 1.807) is 38.1 Å². The van der Waals surface area contributed by atoms with Gasteiger partial charge in [0.2, 0.25) is 12.2 Å². The molecule has 0 aromatic heterocycles. The number of aryl methyl sites for hydroxylation is 2. The van der Waals surface area contributed by atoms with Crippen LogP contribution in [-0.2, 0) is 30.2 Å². The number of carbonyl (C=O) groups excluding carboxylic acids is 3. The van der Waals surface area contributed by atoms with Crippen LogP contribution in [0.4, 0.5) is 4.79 Å². The summed E-state index contributed by atoms with van der Waals surface area (Å²) in [6.07, 6.45) is -1.35. The van der Waals surface area contributed by atoms with Crippen LogP contribution >= 0.6 is 0 Å². The van der Waals surface area contributed by atoms with Gasteiger partial charge < -0.3 is 24.4 Å². The van der Waals surface area contributed by atoms with E-state index >= 15 is 0 Å². The first kappa shape index (κ1) is 38.7. The number of aliphatic carboxylic acids is 2. The van der Waals surface area contributed by atoms with Crippen molar-refractivity contribution in [3.8, 4) is 0 Å². The molecule has 3 fully saturated rings. The van der Waals surface area contributed by atoms with Crippen molar-refractivity contribution in [3.05, 3.63) is 142 Å². The van der Waals surface area contributed by atoms with Gasteiger partial charge in [-0.2, -0.15) is 0 Å². The number of carboxylic acid groups (broad SMARTS) is 2. The summed E-state index contributed by atoms with van der Waals surface area (Å²) in [5.74, 6) is -5.09. The summed E-state index contributed by atoms with van der Waals surface area (Å²) in [5, 5.41) is 18.6. The fourth-order valence-corrected chi connectivity index (χ4v) is 7.23. The van der Waals surface area contributed by atoms with Crippen LogP contribution in [0.3, 0.4) is 0 Å². The molecule has 0 spiro atoms. The maximum Gasteiger partial charge on any atom is 0.410 e. The lowest BCUT2D eigenvalue weighted by Crippen LogP contribution is -2.53. The van der Waals surface area contributed by atoms with Gasteiger partial charge in [-0.3, -0.25) is 9.80 Å². The third kappa shape index (κ3) is 9.39. The average molecular weight is 749 g/mol. The van der Waals surface area contributed by atoms with Gasteiger partial charge in [-0.15, -0.1) is 0 Å². The zero-order chi connectivity index (χ0) is 39.1. The predicted molar refractivity (Wildman–Crippen MR) is 201 cm³/mol. The molecule has 0 saturated carbocycles. The summed E-state index contributed by atoms with van der Waals surface area (Å²) in [7, 11) is 0. The van der Waals surface area contributed by atoms with E-state index in [9.17, 15) is 34.2 Å². The SMILES string of the molecule is Cc1ccc(C(=O)O[C@H](C(=O)O)[C@H](OC(=O)c2ccc(C)cc2)C(=O)O)cc1.O=C(O[C@H]1CN2CCC1CC2)N1CCc2ccccc2[C@H]1c1ccccc1. The number of rotatable bonds is 9. The quantitative estimate of drug-likeness (QED) is 0.151. The molecule has 286 valence electrons. The Balaban J connectivity index is 0.000000187. The van der Waals surface area contributed by atoms with Crippen LogP contribution in [0.5, 0.6) is 0 Å². The molecule has 55 heavy (non-hydrogen) atoms. The first-order chi connectivity index (χ1) is 26.5. The number of fused-ring (bicyclic) bond motifs is 4. The molecule has 1 amide bonds. The van der Waals surface area contributed by atoms with E-state index in [2.05, 4.69) is 41.3 Å². The summed E-state index contributed by atoms with van der Waals surface area (Å²) in [4.78, 5) is 64.9. The minimum atomic E-state index is -2.22. The number of hydrogen-bond donors (Lipinski definition) is 2. The van der Waals surface area contributed by atoms with Crippen LogP contribution in [0.15, 0.2) is 103 Å². The fourth-order valence-electron chi connectivity index (χ4n) is 7.23. The highest BCUT2D eigenvalue weighted by Crippen LogP contribution is 2.37. The van der Waals surface area contributed by atoms with Crippen LogP contribution in [0, 0.1) is 19.8 Å². The Bertz CT molecular complexity index is 1920. The Kier molecular flexibility index (Phi) is 12.3. The van der Waals surface area contributed by atoms with Crippen molar-refractivity contribution < 1.29 is 48.4 Å². The van der Waals surface area contributed by atoms with Crippen LogP contribution in [0.25, 0.3) is 0 Å². The summed E-state index contributed by atoms with van der Waals surface area (Å²) < 4.78 is 15.7. The number of nitrogens with zero attached hydrogens (tertiary/aromatic N) is 2. The lowest BCUT2D eigenvalue weighted by Gasteiger charge is -2.45. The molecular formula is C43H44N2O10. The number of benzene rings is 4. The van der Waals surface area contributed by atoms with E-state index in [1.165, 1.54) is 35.4 Å². The largest absolute Gasteiger partial charge is 0.478 e. The van der Waals surface area contributed by atoms with Gasteiger partial charge in [0.1, 0.15) is 6.10 Å². The van der Waals surface area contributed by atoms with Gasteiger partial charge in [0.15, 0.2) is 0 Å². The zero-order valence-corrected chi connectivity index (χ0v) is 30.7. The molecule has 4 aliphatic heterocycles. The van der Waals surface area contributed by atoms with Crippen LogP contribution in [0.1, 0.15) is 67.4 Å². The molecule has 0 radical (unpaired) electrons. The normalized spacial score (nSPS) is 20.7. The lowest BCUT2D eigenvalue weighted by molar-refractivity contribution is -0.166. The lowest BCUT2D eigenvalue weighted by atomic mass is 9.86. The molecule has 8 rings (SSSR count). The van der Waals surface area contributed by atoms with Gasteiger partial charge in [-0.05, 0) is 93.1 Å². The number of ether oxygens (including phenoxy) is 3. The van der Waals surface area contributed by atoms with Gasteiger partial charge in [0.05, 0.1) is 17.2 Å². The Labute approximate surface area is 319 Å². The third-order valence-corrected chi connectivity index (χ3v) is 10.3. The van der Waals surface area contributed by atoms with Gasteiger partial charge in [0, 0.05) is 13.1 Å². The Morgan fingerprint density at radius 1 is 0.655 bits per heavy atom. The van der Waals surface area contributed by atoms with Crippen molar-refractivity contribution in [1.82, 2.24) is 9.80 Å². The molecule has 0 aliphatic carbocycles. The van der Waals surface area contributed by atoms with Crippen LogP contribution in [0.2, 0.25) is 0 Å². The Morgan fingerprint density at radius 3 is 1.65 bits per heavy atom. The molecule has 2 bridgehead atoms. The molecule has 2 N–H and O–H groups in total. The van der Waals surface area contributed by atoms with Crippen molar-refractivity contribution in [1.29, 1.82) is 0 Å². The molecule has 4 aromatic rings. The highest BCUT2D eigenvalue weighted by atomic mass is 16.6. The first-order valence-corrected chi connectivity index (χ1v) is 18.3. The smallest absolute Gasteiger partial charge is 0.410 e. The van der Waals surface area contributed by atoms with Crippen LogP contribution in [-0.4, -0.2) is 94.5 Å². The molecule has 4 aliphatic rings. The van der Waals surface area contributed by atoms with Gasteiger partial charge in [0.25, 0.3) is 0 Å². The maximum absolute atomic E-state index is 13.2. The molecule has 12 nitrogen and oxygen atoms in total. The highest BCUT2D eigenvalue weighted by Gasteiger charge is 2.42. The van der Waals surface area contributed by atoms with Gasteiger partial charge >= 0.3 is 30.0 Å². The molecule has 0 unspecified atom stereocenters. The third-order valence-electron chi connectivity index (χ3n) is 10.3. The van der Waals surface area contributed by atoms with E-state index in [0.717, 1.165) is 55.6 Å². The zero-order valence-electron chi connectivity index (χ0n) is 30.7. The van der Waals surface area contributed by atoms with E-state index in [0.29, 0.717) is 12.5 Å². The molecule has 4 heterocycles. The number of piperidine rings is 3. The topological polar surface area (TPSA) is 160 Å². The molecular weight excluding hydrogens is 704 g/mol. The summed E-state index contributed by atoms with van der Waals surface area (Å²) in [5.41, 5.74) is 5.50. The molecule has 3 saturated heterocycles. The molecule has 4 aromatic carbocycles. The first-order valence-electron chi connectivity index (χ1n) is 18.3. The second kappa shape index (κ2) is 17.4. The van der Waals surface area contributed by atoms with E-state index in [4.69, 9.17) is 14.2 Å². The molecule has 4 atom stereocenters. The number of carboxylic acids is 2. The van der Waals surface area contributed by atoms with E-state index in [1.807, 2.05) is 23.1 Å². The second-order valence-corrected chi connectivity index (χ2v) is 14.1. The Hall–Kier alpha value is -6.01. The fraction of sp³-hybridized carbons (Fsp3) is 0.326. The maximum atomic E-state index is 13.2. The molecule has 12 heteroatoms. The number of amides is 1. The van der Waals surface area contributed by atoms with Crippen molar-refractivity contribution in [2.24, 2.45) is 5.92 Å². The van der Waals surface area contributed by atoms with Crippen molar-refractivity contribution in [3.63, 3.8) is 0 Å². The minimum Gasteiger partial charge on any atom is -0.478 e. The van der Waals surface area contributed by atoms with Crippen molar-refractivity contribution in [2.45, 2.75) is 57.5 Å². The highest BCUT2D eigenvalue weighted by molar-refractivity contribution is 5.95. The average Bonchev–Trinajstić information content (AvgIpc) is 3.20. The summed E-state index contributed by atoms with van der Waals surface area (Å²) in [6, 6.07) is 30.8.